The molecule has 2 heterocycles. The predicted molar refractivity (Wildman–Crippen MR) is 74.4 cm³/mol. The van der Waals surface area contributed by atoms with Gasteiger partial charge in [0, 0.05) is 23.6 Å². The summed E-state index contributed by atoms with van der Waals surface area (Å²) < 4.78 is 0. The van der Waals surface area contributed by atoms with Crippen LogP contribution in [0.1, 0.15) is 35.2 Å². The lowest BCUT2D eigenvalue weighted by Gasteiger charge is -2.26. The Morgan fingerprint density at radius 1 is 1.26 bits per heavy atom. The van der Waals surface area contributed by atoms with Gasteiger partial charge in [-0.2, -0.15) is 0 Å². The van der Waals surface area contributed by atoms with Gasteiger partial charge < -0.3 is 10.1 Å². The first kappa shape index (κ1) is 12.2. The Balaban J connectivity index is 1.89. The first-order valence-electron chi connectivity index (χ1n) is 6.80. The van der Waals surface area contributed by atoms with E-state index in [2.05, 4.69) is 9.88 Å². The smallest absolute Gasteiger partial charge is 0.335 e. The number of aromatic amines is 1. The van der Waals surface area contributed by atoms with Crippen LogP contribution in [0.2, 0.25) is 0 Å². The lowest BCUT2D eigenvalue weighted by molar-refractivity contribution is 0.0697. The molecule has 0 aliphatic carbocycles. The van der Waals surface area contributed by atoms with Crippen LogP contribution in [-0.2, 0) is 6.54 Å². The highest BCUT2D eigenvalue weighted by molar-refractivity contribution is 5.94. The van der Waals surface area contributed by atoms with Crippen LogP contribution >= 0.6 is 0 Å². The fourth-order valence-electron chi connectivity index (χ4n) is 2.80. The zero-order valence-electron chi connectivity index (χ0n) is 10.9. The lowest BCUT2D eigenvalue weighted by Crippen LogP contribution is -2.28. The molecule has 1 aromatic heterocycles. The summed E-state index contributed by atoms with van der Waals surface area (Å²) in [4.78, 5) is 16.7. The van der Waals surface area contributed by atoms with Crippen LogP contribution in [0, 0.1) is 0 Å². The number of aromatic nitrogens is 1. The van der Waals surface area contributed by atoms with Crippen molar-refractivity contribution in [3.63, 3.8) is 0 Å². The molecule has 0 bridgehead atoms. The van der Waals surface area contributed by atoms with Crippen LogP contribution in [0.3, 0.4) is 0 Å². The molecule has 0 amide bonds. The minimum absolute atomic E-state index is 0.354. The molecule has 19 heavy (non-hydrogen) atoms. The van der Waals surface area contributed by atoms with Gasteiger partial charge in [0.25, 0.3) is 0 Å². The summed E-state index contributed by atoms with van der Waals surface area (Å²) in [5.74, 6) is -0.868. The zero-order valence-corrected chi connectivity index (χ0v) is 10.9. The van der Waals surface area contributed by atoms with Crippen LogP contribution in [0.5, 0.6) is 0 Å². The normalized spacial score (nSPS) is 16.8. The minimum atomic E-state index is -0.868. The number of carboxylic acid groups (broad SMARTS) is 1. The SMILES string of the molecule is O=C(O)c1ccc2[nH]cc(CN3CCCCC3)c2c1. The van der Waals surface area contributed by atoms with Crippen molar-refractivity contribution in [3.05, 3.63) is 35.5 Å². The Hall–Kier alpha value is -1.81. The number of aromatic carboxylic acids is 1. The molecule has 0 saturated carbocycles. The summed E-state index contributed by atoms with van der Waals surface area (Å²) in [6.45, 7) is 3.19. The number of H-pyrrole nitrogens is 1. The van der Waals surface area contributed by atoms with E-state index in [1.165, 1.54) is 24.8 Å². The average Bonchev–Trinajstić information content (AvgIpc) is 2.82. The maximum Gasteiger partial charge on any atom is 0.335 e. The van der Waals surface area contributed by atoms with E-state index < -0.39 is 5.97 Å². The molecule has 1 aliphatic heterocycles. The van der Waals surface area contributed by atoms with Gasteiger partial charge in [-0.05, 0) is 49.7 Å². The van der Waals surface area contributed by atoms with Gasteiger partial charge in [-0.25, -0.2) is 4.79 Å². The van der Waals surface area contributed by atoms with Gasteiger partial charge in [0.1, 0.15) is 0 Å². The number of fused-ring (bicyclic) bond motifs is 1. The summed E-state index contributed by atoms with van der Waals surface area (Å²) >= 11 is 0. The van der Waals surface area contributed by atoms with E-state index in [0.29, 0.717) is 5.56 Å². The monoisotopic (exact) mass is 258 g/mol. The second-order valence-corrected chi connectivity index (χ2v) is 5.22. The summed E-state index contributed by atoms with van der Waals surface area (Å²) in [6.07, 6.45) is 5.86. The number of hydrogen-bond acceptors (Lipinski definition) is 2. The lowest BCUT2D eigenvalue weighted by atomic mass is 10.1. The van der Waals surface area contributed by atoms with Crippen molar-refractivity contribution in [2.75, 3.05) is 13.1 Å². The molecular formula is C15H18N2O2. The molecule has 4 heteroatoms. The van der Waals surface area contributed by atoms with Crippen molar-refractivity contribution in [2.24, 2.45) is 0 Å². The summed E-state index contributed by atoms with van der Waals surface area (Å²) in [5.41, 5.74) is 2.56. The Morgan fingerprint density at radius 3 is 2.79 bits per heavy atom. The third kappa shape index (κ3) is 2.49. The largest absolute Gasteiger partial charge is 0.478 e. The molecule has 1 fully saturated rings. The van der Waals surface area contributed by atoms with Crippen molar-refractivity contribution < 1.29 is 9.90 Å². The summed E-state index contributed by atoms with van der Waals surface area (Å²) in [6, 6.07) is 5.26. The van der Waals surface area contributed by atoms with Gasteiger partial charge in [-0.1, -0.05) is 6.42 Å². The fraction of sp³-hybridized carbons (Fsp3) is 0.400. The molecule has 1 aromatic carbocycles. The van der Waals surface area contributed by atoms with Crippen molar-refractivity contribution in [3.8, 4) is 0 Å². The van der Waals surface area contributed by atoms with Gasteiger partial charge in [-0.3, -0.25) is 4.90 Å². The molecule has 0 atom stereocenters. The highest BCUT2D eigenvalue weighted by atomic mass is 16.4. The number of carboxylic acids is 1. The topological polar surface area (TPSA) is 56.3 Å². The number of nitrogens with zero attached hydrogens (tertiary/aromatic N) is 1. The van der Waals surface area contributed by atoms with E-state index in [1.54, 1.807) is 12.1 Å². The molecule has 0 unspecified atom stereocenters. The molecule has 100 valence electrons. The fourth-order valence-corrected chi connectivity index (χ4v) is 2.80. The quantitative estimate of drug-likeness (QED) is 0.890. The van der Waals surface area contributed by atoms with Crippen LogP contribution in [0.15, 0.2) is 24.4 Å². The van der Waals surface area contributed by atoms with Crippen LogP contribution < -0.4 is 0 Å². The van der Waals surface area contributed by atoms with Crippen LogP contribution in [0.4, 0.5) is 0 Å². The van der Waals surface area contributed by atoms with Gasteiger partial charge in [0.2, 0.25) is 0 Å². The van der Waals surface area contributed by atoms with Gasteiger partial charge in [-0.15, -0.1) is 0 Å². The number of carbonyl (C=O) groups is 1. The molecule has 0 radical (unpaired) electrons. The van der Waals surface area contributed by atoms with Gasteiger partial charge in [0.05, 0.1) is 5.56 Å². The van der Waals surface area contributed by atoms with E-state index in [1.807, 2.05) is 12.3 Å². The van der Waals surface area contributed by atoms with Crippen LogP contribution in [0.25, 0.3) is 10.9 Å². The van der Waals surface area contributed by atoms with E-state index >= 15 is 0 Å². The molecule has 1 saturated heterocycles. The minimum Gasteiger partial charge on any atom is -0.478 e. The Kier molecular flexibility index (Phi) is 3.25. The number of nitrogens with one attached hydrogen (secondary N) is 1. The van der Waals surface area contributed by atoms with Crippen molar-refractivity contribution in [2.45, 2.75) is 25.8 Å². The molecule has 2 N–H and O–H groups in total. The molecule has 4 nitrogen and oxygen atoms in total. The maximum atomic E-state index is 11.0. The van der Waals surface area contributed by atoms with E-state index in [-0.39, 0.29) is 0 Å². The van der Waals surface area contributed by atoms with Crippen molar-refractivity contribution in [1.82, 2.24) is 9.88 Å². The highest BCUT2D eigenvalue weighted by Crippen LogP contribution is 2.22. The average molecular weight is 258 g/mol. The number of likely N-dealkylation sites (tertiary alicyclic amines) is 1. The first-order valence-corrected chi connectivity index (χ1v) is 6.80. The molecule has 2 aromatic rings. The summed E-state index contributed by atoms with van der Waals surface area (Å²) in [7, 11) is 0. The number of rotatable bonds is 3. The number of hydrogen-bond donors (Lipinski definition) is 2. The second kappa shape index (κ2) is 5.05. The zero-order chi connectivity index (χ0) is 13.2. The van der Waals surface area contributed by atoms with E-state index in [4.69, 9.17) is 5.11 Å². The molecule has 3 rings (SSSR count). The van der Waals surface area contributed by atoms with Crippen molar-refractivity contribution in [1.29, 1.82) is 0 Å². The Labute approximate surface area is 112 Å². The molecule has 1 aliphatic rings. The molecule has 0 spiro atoms. The predicted octanol–water partition coefficient (Wildman–Crippen LogP) is 2.85. The maximum absolute atomic E-state index is 11.0. The van der Waals surface area contributed by atoms with Gasteiger partial charge >= 0.3 is 5.97 Å². The van der Waals surface area contributed by atoms with E-state index in [9.17, 15) is 4.79 Å². The second-order valence-electron chi connectivity index (χ2n) is 5.22. The third-order valence-electron chi connectivity index (χ3n) is 3.86. The Bertz CT molecular complexity index is 597. The van der Waals surface area contributed by atoms with E-state index in [0.717, 1.165) is 30.5 Å². The van der Waals surface area contributed by atoms with Crippen LogP contribution in [-0.4, -0.2) is 34.0 Å². The van der Waals surface area contributed by atoms with Crippen molar-refractivity contribution >= 4 is 16.9 Å². The summed E-state index contributed by atoms with van der Waals surface area (Å²) in [5, 5.41) is 10.1. The number of benzene rings is 1. The Morgan fingerprint density at radius 2 is 2.05 bits per heavy atom. The third-order valence-corrected chi connectivity index (χ3v) is 3.86. The number of piperidine rings is 1. The first-order chi connectivity index (χ1) is 9.24. The van der Waals surface area contributed by atoms with Gasteiger partial charge in [0.15, 0.2) is 0 Å². The highest BCUT2D eigenvalue weighted by Gasteiger charge is 2.14. The standard InChI is InChI=1S/C15H18N2O2/c18-15(19)11-4-5-14-13(8-11)12(9-16-14)10-17-6-2-1-3-7-17/h4-5,8-9,16H,1-3,6-7,10H2,(H,18,19). The molecular weight excluding hydrogens is 240 g/mol.